The van der Waals surface area contributed by atoms with E-state index >= 15 is 4.39 Å². The summed E-state index contributed by atoms with van der Waals surface area (Å²) in [5.41, 5.74) is 3.81. The van der Waals surface area contributed by atoms with E-state index in [1.54, 1.807) is 6.07 Å². The second-order valence-corrected chi connectivity index (χ2v) is 8.40. The van der Waals surface area contributed by atoms with E-state index in [4.69, 9.17) is 4.74 Å². The number of aromatic nitrogens is 2. The maximum atomic E-state index is 15.1. The van der Waals surface area contributed by atoms with Crippen molar-refractivity contribution in [3.8, 4) is 11.8 Å². The highest BCUT2D eigenvalue weighted by atomic mass is 19.1. The van der Waals surface area contributed by atoms with Crippen LogP contribution in [0, 0.1) is 5.82 Å². The lowest BCUT2D eigenvalue weighted by Crippen LogP contribution is -2.44. The number of halogens is 1. The molecular weight excluding hydrogens is 419 g/mol. The second-order valence-electron chi connectivity index (χ2n) is 8.40. The molecule has 0 bridgehead atoms. The normalized spacial score (nSPS) is 17.7. The first-order chi connectivity index (χ1) is 16.1. The number of allylic oxidation sites excluding steroid dienone is 2. The first kappa shape index (κ1) is 21.3. The SMILES string of the molecule is C/C=C/C1=CC(Nc2cc(N3CCNCC3)nc(Oc3ccc4c(c3F)C=C(C)C4)n2)=NC1. The standard InChI is InChI=1S/C25H27FN6O/c1-3-4-17-13-21(28-15-17)29-22-14-23(32-9-7-27-8-10-32)31-25(30-22)33-20-6-5-18-11-16(2)12-19(18)24(20)26/h3-6,12-14,27H,7-11,15H2,1-2H3,(H,28,29,30,31)/b4-3+. The van der Waals surface area contributed by atoms with Crippen molar-refractivity contribution in [3.63, 3.8) is 0 Å². The minimum Gasteiger partial charge on any atom is -0.421 e. The fourth-order valence-electron chi connectivity index (χ4n) is 4.24. The van der Waals surface area contributed by atoms with Crippen LogP contribution in [-0.4, -0.2) is 48.5 Å². The Balaban J connectivity index is 1.45. The van der Waals surface area contributed by atoms with Crippen LogP contribution < -0.4 is 20.3 Å². The predicted octanol–water partition coefficient (Wildman–Crippen LogP) is 4.10. The molecule has 0 unspecified atom stereocenters. The van der Waals surface area contributed by atoms with Crippen molar-refractivity contribution in [2.45, 2.75) is 20.3 Å². The number of piperazine rings is 1. The quantitative estimate of drug-likeness (QED) is 0.720. The molecule has 1 aromatic carbocycles. The van der Waals surface area contributed by atoms with Gasteiger partial charge in [-0.15, -0.1) is 0 Å². The van der Waals surface area contributed by atoms with E-state index in [-0.39, 0.29) is 17.6 Å². The van der Waals surface area contributed by atoms with Crippen LogP contribution in [0.5, 0.6) is 11.8 Å². The van der Waals surface area contributed by atoms with Gasteiger partial charge in [0.25, 0.3) is 0 Å². The second kappa shape index (κ2) is 9.15. The molecule has 5 rings (SSSR count). The van der Waals surface area contributed by atoms with E-state index in [9.17, 15) is 0 Å². The van der Waals surface area contributed by atoms with Crippen molar-refractivity contribution >= 4 is 23.5 Å². The monoisotopic (exact) mass is 446 g/mol. The third-order valence-electron chi connectivity index (χ3n) is 5.82. The Morgan fingerprint density at radius 3 is 2.85 bits per heavy atom. The maximum absolute atomic E-state index is 15.1. The minimum atomic E-state index is -0.380. The molecule has 7 nitrogen and oxygen atoms in total. The molecule has 1 fully saturated rings. The lowest BCUT2D eigenvalue weighted by molar-refractivity contribution is 0.410. The van der Waals surface area contributed by atoms with Gasteiger partial charge in [-0.1, -0.05) is 29.9 Å². The van der Waals surface area contributed by atoms with Crippen molar-refractivity contribution in [3.05, 3.63) is 64.5 Å². The zero-order valence-corrected chi connectivity index (χ0v) is 18.9. The Morgan fingerprint density at radius 1 is 1.18 bits per heavy atom. The molecule has 2 aliphatic heterocycles. The van der Waals surface area contributed by atoms with E-state index in [0.717, 1.165) is 61.0 Å². The van der Waals surface area contributed by atoms with Crippen LogP contribution in [0.2, 0.25) is 0 Å². The zero-order valence-electron chi connectivity index (χ0n) is 18.9. The molecule has 8 heteroatoms. The van der Waals surface area contributed by atoms with Crippen molar-refractivity contribution in [2.24, 2.45) is 4.99 Å². The van der Waals surface area contributed by atoms with Gasteiger partial charge in [0, 0.05) is 37.8 Å². The molecule has 3 heterocycles. The first-order valence-electron chi connectivity index (χ1n) is 11.2. The van der Waals surface area contributed by atoms with E-state index in [1.165, 1.54) is 0 Å². The van der Waals surface area contributed by atoms with Gasteiger partial charge in [0.05, 0.1) is 6.54 Å². The van der Waals surface area contributed by atoms with E-state index in [2.05, 4.69) is 30.5 Å². The lowest BCUT2D eigenvalue weighted by Gasteiger charge is -2.28. The third-order valence-corrected chi connectivity index (χ3v) is 5.82. The van der Waals surface area contributed by atoms with Gasteiger partial charge in [-0.25, -0.2) is 4.39 Å². The summed E-state index contributed by atoms with van der Waals surface area (Å²) in [5, 5.41) is 6.60. The summed E-state index contributed by atoms with van der Waals surface area (Å²) in [7, 11) is 0. The molecule has 0 radical (unpaired) electrons. The number of nitrogens with zero attached hydrogens (tertiary/aromatic N) is 4. The van der Waals surface area contributed by atoms with Crippen molar-refractivity contribution < 1.29 is 9.13 Å². The fraction of sp³-hybridized carbons (Fsp3) is 0.320. The number of amidine groups is 1. The van der Waals surface area contributed by atoms with Crippen LogP contribution in [-0.2, 0) is 6.42 Å². The van der Waals surface area contributed by atoms with E-state index in [1.807, 2.05) is 50.3 Å². The molecule has 0 saturated carbocycles. The average molecular weight is 447 g/mol. The summed E-state index contributed by atoms with van der Waals surface area (Å²) in [6.07, 6.45) is 8.65. The molecule has 0 atom stereocenters. The largest absolute Gasteiger partial charge is 0.421 e. The molecule has 170 valence electrons. The summed E-state index contributed by atoms with van der Waals surface area (Å²) >= 11 is 0. The van der Waals surface area contributed by atoms with Gasteiger partial charge in [0.15, 0.2) is 11.6 Å². The highest BCUT2D eigenvalue weighted by Gasteiger charge is 2.21. The Bertz CT molecular complexity index is 1190. The van der Waals surface area contributed by atoms with Crippen LogP contribution in [0.25, 0.3) is 6.08 Å². The molecule has 2 aromatic rings. The third kappa shape index (κ3) is 4.66. The Hall–Kier alpha value is -3.52. The topological polar surface area (TPSA) is 74.7 Å². The van der Waals surface area contributed by atoms with Crippen LogP contribution in [0.4, 0.5) is 16.0 Å². The molecule has 0 amide bonds. The van der Waals surface area contributed by atoms with Crippen LogP contribution in [0.1, 0.15) is 25.0 Å². The average Bonchev–Trinajstić information content (AvgIpc) is 3.42. The van der Waals surface area contributed by atoms with Crippen LogP contribution in [0.15, 0.2) is 52.6 Å². The van der Waals surface area contributed by atoms with Crippen LogP contribution >= 0.6 is 0 Å². The van der Waals surface area contributed by atoms with Gasteiger partial charge in [-0.3, -0.25) is 4.99 Å². The maximum Gasteiger partial charge on any atom is 0.326 e. The summed E-state index contributed by atoms with van der Waals surface area (Å²) in [6.45, 7) is 7.99. The van der Waals surface area contributed by atoms with Gasteiger partial charge >= 0.3 is 6.01 Å². The van der Waals surface area contributed by atoms with E-state index < -0.39 is 0 Å². The molecule has 1 aromatic heterocycles. The fourth-order valence-corrected chi connectivity index (χ4v) is 4.24. The molecule has 0 spiro atoms. The number of hydrogen-bond acceptors (Lipinski definition) is 7. The molecule has 3 aliphatic rings. The molecule has 1 saturated heterocycles. The summed E-state index contributed by atoms with van der Waals surface area (Å²) < 4.78 is 21.0. The Morgan fingerprint density at radius 2 is 2.03 bits per heavy atom. The predicted molar refractivity (Wildman–Crippen MR) is 130 cm³/mol. The number of ether oxygens (including phenoxy) is 1. The van der Waals surface area contributed by atoms with E-state index in [0.29, 0.717) is 17.9 Å². The minimum absolute atomic E-state index is 0.0994. The van der Waals surface area contributed by atoms with Gasteiger partial charge < -0.3 is 20.3 Å². The number of fused-ring (bicyclic) bond motifs is 1. The van der Waals surface area contributed by atoms with Crippen LogP contribution in [0.3, 0.4) is 0 Å². The zero-order chi connectivity index (χ0) is 22.8. The highest BCUT2D eigenvalue weighted by Crippen LogP contribution is 2.34. The smallest absolute Gasteiger partial charge is 0.326 e. The van der Waals surface area contributed by atoms with Gasteiger partial charge in [-0.05, 0) is 43.5 Å². The lowest BCUT2D eigenvalue weighted by atomic mass is 10.1. The molecule has 33 heavy (non-hydrogen) atoms. The molecular formula is C25H27FN6O. The molecule has 2 N–H and O–H groups in total. The summed E-state index contributed by atoms with van der Waals surface area (Å²) in [6, 6.07) is 5.54. The summed E-state index contributed by atoms with van der Waals surface area (Å²) in [4.78, 5) is 15.8. The number of anilines is 2. The summed E-state index contributed by atoms with van der Waals surface area (Å²) in [5.74, 6) is 1.76. The van der Waals surface area contributed by atoms with Crippen molar-refractivity contribution in [1.82, 2.24) is 15.3 Å². The Kier molecular flexibility index (Phi) is 5.92. The molecule has 1 aliphatic carbocycles. The number of nitrogens with one attached hydrogen (secondary N) is 2. The van der Waals surface area contributed by atoms with Crippen molar-refractivity contribution in [2.75, 3.05) is 42.9 Å². The van der Waals surface area contributed by atoms with Gasteiger partial charge in [-0.2, -0.15) is 9.97 Å². The first-order valence-corrected chi connectivity index (χ1v) is 11.2. The number of aliphatic imine (C=N–C) groups is 1. The number of hydrogen-bond donors (Lipinski definition) is 2. The Labute approximate surface area is 192 Å². The number of rotatable bonds is 5. The van der Waals surface area contributed by atoms with Crippen molar-refractivity contribution in [1.29, 1.82) is 0 Å². The van der Waals surface area contributed by atoms with Gasteiger partial charge in [0.1, 0.15) is 17.5 Å². The highest BCUT2D eigenvalue weighted by molar-refractivity contribution is 6.05. The number of benzene rings is 1. The van der Waals surface area contributed by atoms with Gasteiger partial charge in [0.2, 0.25) is 0 Å².